The molecule has 310 valence electrons. The van der Waals surface area contributed by atoms with Crippen molar-refractivity contribution in [1.82, 2.24) is 44.5 Å². The Kier molecular flexibility index (Phi) is 11.5. The fraction of sp³-hybridized carbons (Fsp3) is 0.324. The highest BCUT2D eigenvalue weighted by Crippen LogP contribution is 2.47. The Morgan fingerprint density at radius 1 is 0.881 bits per heavy atom. The first-order chi connectivity index (χ1) is 28.1. The smallest absolute Gasteiger partial charge is 0.377 e. The molecule has 0 bridgehead atoms. The van der Waals surface area contributed by atoms with Crippen LogP contribution in [-0.4, -0.2) is 91.7 Å². The van der Waals surface area contributed by atoms with Crippen LogP contribution in [0.5, 0.6) is 0 Å². The molecule has 22 heteroatoms. The fourth-order valence-corrected chi connectivity index (χ4v) is 7.69. The number of halogens is 4. The number of tetrazole rings is 1. The highest BCUT2D eigenvalue weighted by atomic mass is 31.2. The lowest BCUT2D eigenvalue weighted by Gasteiger charge is -2.37. The van der Waals surface area contributed by atoms with E-state index in [0.29, 0.717) is 55.6 Å². The number of aliphatic hydroxyl groups is 1. The monoisotopic (exact) mass is 839 g/mol. The number of hydrogen-bond donors (Lipinski definition) is 3. The maximum absolute atomic E-state index is 16.2. The van der Waals surface area contributed by atoms with Crippen molar-refractivity contribution in [2.45, 2.75) is 50.5 Å². The molecule has 1 aliphatic heterocycles. The molecule has 7 rings (SSSR count). The Morgan fingerprint density at radius 3 is 2.14 bits per heavy atom. The molecule has 59 heavy (non-hydrogen) atoms. The topological polar surface area (TPSA) is 203 Å². The van der Waals surface area contributed by atoms with Crippen molar-refractivity contribution in [3.63, 3.8) is 0 Å². The molecule has 3 N–H and O–H groups in total. The quantitative estimate of drug-likeness (QED) is 0.104. The van der Waals surface area contributed by atoms with Gasteiger partial charge in [-0.05, 0) is 71.8 Å². The summed E-state index contributed by atoms with van der Waals surface area (Å²) in [5.41, 5.74) is -2.51. The van der Waals surface area contributed by atoms with E-state index < -0.39 is 66.6 Å². The number of alkyl halides is 2. The summed E-state index contributed by atoms with van der Waals surface area (Å²) < 4.78 is 80.3. The van der Waals surface area contributed by atoms with Gasteiger partial charge in [0.2, 0.25) is 0 Å². The first kappa shape index (κ1) is 41.3. The minimum absolute atomic E-state index is 0.323. The van der Waals surface area contributed by atoms with Crippen LogP contribution in [0.4, 0.5) is 28.9 Å². The molecule has 4 aromatic heterocycles. The molecule has 0 unspecified atom stereocenters. The number of rotatable bonds is 14. The summed E-state index contributed by atoms with van der Waals surface area (Å²) in [5.74, 6) is -6.24. The largest absolute Gasteiger partial charge is 0.469 e. The number of hydrogen-bond acceptors (Lipinski definition) is 12. The zero-order valence-corrected chi connectivity index (χ0v) is 32.4. The Bertz CT molecular complexity index is 2480. The number of piperazine rings is 1. The maximum atomic E-state index is 16.2. The SMILES string of the molecule is CC[C@@H]([C@H](C)OP(=O)(O)O)n1ncn(-c2ccc(N3CCN(c4ccc(-c5ccc(C(F)(F)[C@](O)(Cn6cnnn6)c6ccc(F)cc6F)nc5)cc4)CC3)cn2)c1=O. The summed E-state index contributed by atoms with van der Waals surface area (Å²) in [5, 5.41) is 25.9. The molecule has 2 aromatic carbocycles. The van der Waals surface area contributed by atoms with Crippen molar-refractivity contribution in [3.8, 4) is 16.9 Å². The number of phosphoric ester groups is 1. The van der Waals surface area contributed by atoms with Gasteiger partial charge in [-0.2, -0.15) is 13.9 Å². The predicted octanol–water partition coefficient (Wildman–Crippen LogP) is 4.21. The molecule has 0 spiro atoms. The van der Waals surface area contributed by atoms with Gasteiger partial charge in [0, 0.05) is 55.3 Å². The number of benzene rings is 2. The Hall–Kier alpha value is -5.86. The minimum Gasteiger partial charge on any atom is -0.377 e. The lowest BCUT2D eigenvalue weighted by molar-refractivity contribution is -0.207. The van der Waals surface area contributed by atoms with Crippen LogP contribution in [0.15, 0.2) is 96.6 Å². The number of nitrogens with zero attached hydrogens (tertiary/aromatic N) is 11. The molecule has 1 saturated heterocycles. The first-order valence-corrected chi connectivity index (χ1v) is 19.8. The fourth-order valence-electron chi connectivity index (χ4n) is 7.11. The molecule has 0 radical (unpaired) electrons. The van der Waals surface area contributed by atoms with Crippen molar-refractivity contribution < 1.29 is 41.5 Å². The van der Waals surface area contributed by atoms with Crippen molar-refractivity contribution in [1.29, 1.82) is 0 Å². The molecule has 17 nitrogen and oxygen atoms in total. The number of phosphoric acid groups is 1. The zero-order valence-electron chi connectivity index (χ0n) is 31.5. The van der Waals surface area contributed by atoms with Crippen LogP contribution in [0.1, 0.15) is 37.6 Å². The van der Waals surface area contributed by atoms with Crippen LogP contribution < -0.4 is 15.5 Å². The van der Waals surface area contributed by atoms with E-state index in [1.165, 1.54) is 30.1 Å². The van der Waals surface area contributed by atoms with Crippen LogP contribution in [0.2, 0.25) is 0 Å². The lowest BCUT2D eigenvalue weighted by Crippen LogP contribution is -2.48. The molecule has 0 aliphatic carbocycles. The van der Waals surface area contributed by atoms with Crippen LogP contribution in [-0.2, 0) is 27.2 Å². The van der Waals surface area contributed by atoms with E-state index in [2.05, 4.69) is 40.4 Å². The summed E-state index contributed by atoms with van der Waals surface area (Å²) in [7, 11) is -4.77. The second-order valence-corrected chi connectivity index (χ2v) is 15.1. The van der Waals surface area contributed by atoms with Gasteiger partial charge in [-0.25, -0.2) is 37.1 Å². The third-order valence-corrected chi connectivity index (χ3v) is 10.8. The minimum atomic E-state index is -4.77. The van der Waals surface area contributed by atoms with Gasteiger partial charge in [-0.3, -0.25) is 9.51 Å². The number of anilines is 2. The average molecular weight is 840 g/mol. The third kappa shape index (κ3) is 8.51. The summed E-state index contributed by atoms with van der Waals surface area (Å²) in [6.45, 7) is 4.93. The highest BCUT2D eigenvalue weighted by Gasteiger charge is 2.58. The van der Waals surface area contributed by atoms with Crippen molar-refractivity contribution in [2.24, 2.45) is 0 Å². The molecule has 6 aromatic rings. The van der Waals surface area contributed by atoms with Gasteiger partial charge in [0.25, 0.3) is 0 Å². The van der Waals surface area contributed by atoms with Gasteiger partial charge in [0.1, 0.15) is 35.8 Å². The van der Waals surface area contributed by atoms with E-state index in [-0.39, 0.29) is 0 Å². The Labute approximate surface area is 333 Å². The van der Waals surface area contributed by atoms with E-state index in [0.717, 1.165) is 45.3 Å². The van der Waals surface area contributed by atoms with E-state index in [9.17, 15) is 33.0 Å². The van der Waals surface area contributed by atoms with Crippen molar-refractivity contribution in [3.05, 3.63) is 125 Å². The maximum Gasteiger partial charge on any atom is 0.469 e. The van der Waals surface area contributed by atoms with E-state index in [1.807, 2.05) is 30.3 Å². The molecule has 1 aliphatic rings. The summed E-state index contributed by atoms with van der Waals surface area (Å²) in [4.78, 5) is 44.4. The summed E-state index contributed by atoms with van der Waals surface area (Å²) in [6, 6.07) is 14.7. The van der Waals surface area contributed by atoms with Crippen molar-refractivity contribution in [2.75, 3.05) is 36.0 Å². The van der Waals surface area contributed by atoms with Crippen LogP contribution in [0.3, 0.4) is 0 Å². The van der Waals surface area contributed by atoms with Gasteiger partial charge in [-0.1, -0.05) is 25.1 Å². The van der Waals surface area contributed by atoms with Gasteiger partial charge < -0.3 is 24.7 Å². The second-order valence-electron chi connectivity index (χ2n) is 13.9. The lowest BCUT2D eigenvalue weighted by atomic mass is 9.84. The van der Waals surface area contributed by atoms with Crippen LogP contribution >= 0.6 is 7.82 Å². The van der Waals surface area contributed by atoms with Gasteiger partial charge in [-0.15, -0.1) is 5.10 Å². The third-order valence-electron chi connectivity index (χ3n) is 10.2. The summed E-state index contributed by atoms with van der Waals surface area (Å²) >= 11 is 0. The molecule has 0 amide bonds. The molecule has 1 fully saturated rings. The number of pyridine rings is 2. The average Bonchev–Trinajstić information content (AvgIpc) is 3.87. The van der Waals surface area contributed by atoms with Gasteiger partial charge >= 0.3 is 19.4 Å². The molecular formula is C37H38F4N11O6P. The van der Waals surface area contributed by atoms with Crippen LogP contribution in [0.25, 0.3) is 16.9 Å². The van der Waals surface area contributed by atoms with Crippen LogP contribution in [0, 0.1) is 11.6 Å². The van der Waals surface area contributed by atoms with E-state index in [4.69, 9.17) is 4.52 Å². The Morgan fingerprint density at radius 2 is 1.56 bits per heavy atom. The normalized spacial score (nSPS) is 15.9. The molecule has 5 heterocycles. The van der Waals surface area contributed by atoms with E-state index >= 15 is 8.78 Å². The predicted molar refractivity (Wildman–Crippen MR) is 204 cm³/mol. The highest BCUT2D eigenvalue weighted by molar-refractivity contribution is 7.46. The second kappa shape index (κ2) is 16.4. The zero-order chi connectivity index (χ0) is 42.1. The molecule has 3 atom stereocenters. The Balaban J connectivity index is 0.989. The standard InChI is InChI=1S/C37H38F4N11O6P/c1-3-32(24(2)58-59(55,56)57)52-35(53)51(23-45-52)34-13-10-29(20-43-34)49-16-14-48(15-17-49)28-8-4-25(5-9-28)26-6-12-33(42-19-26)37(40,41)36(54,21-50-22-44-46-47-50)30-11-7-27(38)18-31(30)39/h4-13,18-20,22-24,32,54H,3,14-17,21H2,1-2H3,(H2,55,56,57)/t24-,32-,36-/m0/s1. The molecule has 0 saturated carbocycles. The molecular weight excluding hydrogens is 801 g/mol. The van der Waals surface area contributed by atoms with Gasteiger partial charge in [0.15, 0.2) is 5.60 Å². The van der Waals surface area contributed by atoms with E-state index in [1.54, 1.807) is 19.2 Å². The first-order valence-electron chi connectivity index (χ1n) is 18.3. The van der Waals surface area contributed by atoms with Crippen molar-refractivity contribution >= 4 is 19.2 Å². The number of aromatic nitrogens is 9. The summed E-state index contributed by atoms with van der Waals surface area (Å²) in [6.07, 6.45) is 4.52. The van der Waals surface area contributed by atoms with Gasteiger partial charge in [0.05, 0.1) is 30.6 Å².